The molecule has 0 aliphatic heterocycles. The molecule has 1 aromatic carbocycles. The highest BCUT2D eigenvalue weighted by Gasteiger charge is 2.12. The van der Waals surface area contributed by atoms with E-state index in [4.69, 9.17) is 0 Å². The first kappa shape index (κ1) is 13.3. The van der Waals surface area contributed by atoms with Crippen molar-refractivity contribution in [3.63, 3.8) is 0 Å². The molecular formula is C10H9Br2NO3. The van der Waals surface area contributed by atoms with Gasteiger partial charge in [0.1, 0.15) is 5.78 Å². The van der Waals surface area contributed by atoms with E-state index in [1.54, 1.807) is 6.07 Å². The van der Waals surface area contributed by atoms with Crippen molar-refractivity contribution in [1.82, 2.24) is 0 Å². The van der Waals surface area contributed by atoms with Gasteiger partial charge in [-0.3, -0.25) is 14.9 Å². The van der Waals surface area contributed by atoms with Crippen molar-refractivity contribution < 1.29 is 9.72 Å². The van der Waals surface area contributed by atoms with E-state index in [9.17, 15) is 14.9 Å². The summed E-state index contributed by atoms with van der Waals surface area (Å²) < 4.78 is 0. The van der Waals surface area contributed by atoms with Gasteiger partial charge in [-0.25, -0.2) is 0 Å². The van der Waals surface area contributed by atoms with Gasteiger partial charge in [0.2, 0.25) is 0 Å². The topological polar surface area (TPSA) is 60.2 Å². The predicted molar refractivity (Wildman–Crippen MR) is 68.2 cm³/mol. The maximum Gasteiger partial charge on any atom is 0.269 e. The van der Waals surface area contributed by atoms with Gasteiger partial charge in [0.05, 0.1) is 10.3 Å². The van der Waals surface area contributed by atoms with Gasteiger partial charge in [0.25, 0.3) is 5.69 Å². The Morgan fingerprint density at radius 1 is 1.31 bits per heavy atom. The Labute approximate surface area is 109 Å². The highest BCUT2D eigenvalue weighted by molar-refractivity contribution is 9.09. The number of non-ortho nitro benzene ring substituents is 1. The molecule has 86 valence electrons. The molecule has 0 heterocycles. The zero-order valence-electron chi connectivity index (χ0n) is 8.28. The summed E-state index contributed by atoms with van der Waals surface area (Å²) in [6.07, 6.45) is 0.216. The smallest absolute Gasteiger partial charge is 0.269 e. The molecular weight excluding hydrogens is 342 g/mol. The number of nitro benzene ring substituents is 1. The maximum absolute atomic E-state index is 11.3. The standard InChI is InChI=1S/C10H9Br2NO3/c11-5-7-1-2-9(13(15)16)3-8(7)4-10(14)6-12/h1-3H,4-6H2. The molecule has 1 rings (SSSR count). The van der Waals surface area contributed by atoms with Crippen LogP contribution in [0.1, 0.15) is 11.1 Å². The van der Waals surface area contributed by atoms with Crippen LogP contribution < -0.4 is 0 Å². The van der Waals surface area contributed by atoms with E-state index >= 15 is 0 Å². The van der Waals surface area contributed by atoms with E-state index in [1.807, 2.05) is 0 Å². The molecule has 0 aliphatic rings. The van der Waals surface area contributed by atoms with Gasteiger partial charge in [-0.1, -0.05) is 37.9 Å². The van der Waals surface area contributed by atoms with E-state index in [0.29, 0.717) is 10.9 Å². The molecule has 0 aliphatic carbocycles. The highest BCUT2D eigenvalue weighted by Crippen LogP contribution is 2.20. The average molecular weight is 351 g/mol. The fourth-order valence-corrected chi connectivity index (χ4v) is 2.03. The van der Waals surface area contributed by atoms with Crippen molar-refractivity contribution in [2.45, 2.75) is 11.8 Å². The van der Waals surface area contributed by atoms with Crippen LogP contribution in [-0.2, 0) is 16.5 Å². The van der Waals surface area contributed by atoms with Crippen molar-refractivity contribution in [3.05, 3.63) is 39.4 Å². The Morgan fingerprint density at radius 3 is 2.50 bits per heavy atom. The van der Waals surface area contributed by atoms with E-state index in [1.165, 1.54) is 12.1 Å². The molecule has 0 atom stereocenters. The Kier molecular flexibility index (Phi) is 5.08. The highest BCUT2D eigenvalue weighted by atomic mass is 79.9. The van der Waals surface area contributed by atoms with Crippen molar-refractivity contribution in [3.8, 4) is 0 Å². The summed E-state index contributed by atoms with van der Waals surface area (Å²) in [7, 11) is 0. The number of nitro groups is 1. The molecule has 0 fully saturated rings. The first-order valence-electron chi connectivity index (χ1n) is 4.48. The van der Waals surface area contributed by atoms with E-state index in [-0.39, 0.29) is 23.2 Å². The molecule has 0 saturated carbocycles. The summed E-state index contributed by atoms with van der Waals surface area (Å²) in [5, 5.41) is 11.4. The van der Waals surface area contributed by atoms with E-state index < -0.39 is 4.92 Å². The van der Waals surface area contributed by atoms with E-state index in [0.717, 1.165) is 5.56 Å². The molecule has 0 bridgehead atoms. The molecule has 0 N–H and O–H groups in total. The van der Waals surface area contributed by atoms with Crippen LogP contribution in [0.3, 0.4) is 0 Å². The van der Waals surface area contributed by atoms with Crippen LogP contribution in [0.5, 0.6) is 0 Å². The van der Waals surface area contributed by atoms with Gasteiger partial charge in [0.15, 0.2) is 0 Å². The van der Waals surface area contributed by atoms with E-state index in [2.05, 4.69) is 31.9 Å². The van der Waals surface area contributed by atoms with Crippen molar-refractivity contribution in [2.75, 3.05) is 5.33 Å². The Bertz CT molecular complexity index is 421. The van der Waals surface area contributed by atoms with Crippen LogP contribution in [0.25, 0.3) is 0 Å². The zero-order chi connectivity index (χ0) is 12.1. The lowest BCUT2D eigenvalue weighted by molar-refractivity contribution is -0.384. The van der Waals surface area contributed by atoms with Crippen LogP contribution in [0.2, 0.25) is 0 Å². The van der Waals surface area contributed by atoms with Gasteiger partial charge in [-0.2, -0.15) is 0 Å². The summed E-state index contributed by atoms with van der Waals surface area (Å²) in [5.74, 6) is 0.00250. The van der Waals surface area contributed by atoms with Crippen molar-refractivity contribution in [2.24, 2.45) is 0 Å². The first-order valence-corrected chi connectivity index (χ1v) is 6.72. The average Bonchev–Trinajstić information content (AvgIpc) is 2.28. The van der Waals surface area contributed by atoms with Gasteiger partial charge < -0.3 is 0 Å². The van der Waals surface area contributed by atoms with Crippen LogP contribution in [-0.4, -0.2) is 16.0 Å². The third kappa shape index (κ3) is 3.38. The van der Waals surface area contributed by atoms with Crippen LogP contribution in [0, 0.1) is 10.1 Å². The van der Waals surface area contributed by atoms with Crippen LogP contribution in [0.15, 0.2) is 18.2 Å². The summed E-state index contributed by atoms with van der Waals surface area (Å²) >= 11 is 6.36. The summed E-state index contributed by atoms with van der Waals surface area (Å²) in [6.45, 7) is 0. The van der Waals surface area contributed by atoms with Crippen molar-refractivity contribution in [1.29, 1.82) is 0 Å². The Morgan fingerprint density at radius 2 is 2.00 bits per heavy atom. The largest absolute Gasteiger partial charge is 0.298 e. The molecule has 0 amide bonds. The molecule has 4 nitrogen and oxygen atoms in total. The molecule has 16 heavy (non-hydrogen) atoms. The second kappa shape index (κ2) is 6.10. The third-order valence-electron chi connectivity index (χ3n) is 2.08. The molecule has 0 radical (unpaired) electrons. The monoisotopic (exact) mass is 349 g/mol. The summed E-state index contributed by atoms with van der Waals surface area (Å²) in [5.41, 5.74) is 1.62. The number of carbonyl (C=O) groups is 1. The third-order valence-corrected chi connectivity index (χ3v) is 3.31. The number of nitrogens with zero attached hydrogens (tertiary/aromatic N) is 1. The predicted octanol–water partition coefficient (Wildman–Crippen LogP) is 3.00. The Hall–Kier alpha value is -0.750. The number of hydrogen-bond donors (Lipinski definition) is 0. The fourth-order valence-electron chi connectivity index (χ4n) is 1.28. The number of benzene rings is 1. The summed E-state index contributed by atoms with van der Waals surface area (Å²) in [6, 6.07) is 4.57. The van der Waals surface area contributed by atoms with Crippen molar-refractivity contribution >= 4 is 43.3 Å². The first-order chi connectivity index (χ1) is 7.58. The summed E-state index contributed by atoms with van der Waals surface area (Å²) in [4.78, 5) is 21.4. The second-order valence-corrected chi connectivity index (χ2v) is 4.31. The van der Waals surface area contributed by atoms with Gasteiger partial charge in [-0.15, -0.1) is 0 Å². The molecule has 0 spiro atoms. The number of hydrogen-bond acceptors (Lipinski definition) is 3. The van der Waals surface area contributed by atoms with Gasteiger partial charge in [-0.05, 0) is 11.1 Å². The maximum atomic E-state index is 11.3. The minimum atomic E-state index is -0.458. The van der Waals surface area contributed by atoms with Gasteiger partial charge in [0, 0.05) is 23.9 Å². The quantitative estimate of drug-likeness (QED) is 0.466. The zero-order valence-corrected chi connectivity index (χ0v) is 11.5. The number of halogens is 2. The number of alkyl halides is 2. The van der Waals surface area contributed by atoms with Crippen LogP contribution in [0.4, 0.5) is 5.69 Å². The SMILES string of the molecule is O=C(CBr)Cc1cc([N+](=O)[O-])ccc1CBr. The normalized spacial score (nSPS) is 10.1. The molecule has 0 aromatic heterocycles. The molecule has 6 heteroatoms. The lowest BCUT2D eigenvalue weighted by atomic mass is 10.0. The number of rotatable bonds is 5. The lowest BCUT2D eigenvalue weighted by Crippen LogP contribution is -2.06. The lowest BCUT2D eigenvalue weighted by Gasteiger charge is -2.05. The fraction of sp³-hybridized carbons (Fsp3) is 0.300. The minimum absolute atomic E-state index is 0.00250. The number of Topliss-reactive ketones (excluding diaryl/α,β-unsaturated/α-hetero) is 1. The minimum Gasteiger partial charge on any atom is -0.298 e. The van der Waals surface area contributed by atoms with Crippen LogP contribution >= 0.6 is 31.9 Å². The molecule has 0 saturated heterocycles. The number of ketones is 1. The molecule has 0 unspecified atom stereocenters. The molecule has 1 aromatic rings. The number of carbonyl (C=O) groups excluding carboxylic acids is 1. The second-order valence-electron chi connectivity index (χ2n) is 3.19. The Balaban J connectivity index is 3.06. The van der Waals surface area contributed by atoms with Gasteiger partial charge >= 0.3 is 0 Å².